The number of benzene rings is 4. The van der Waals surface area contributed by atoms with Crippen LogP contribution >= 0.6 is 0 Å². The molecule has 1 aliphatic carbocycles. The molecular formula is C51H62O10. The molecule has 0 saturated heterocycles. The van der Waals surface area contributed by atoms with E-state index in [1.807, 2.05) is 39.8 Å². The van der Waals surface area contributed by atoms with Gasteiger partial charge in [-0.3, -0.25) is 0 Å². The van der Waals surface area contributed by atoms with Crippen molar-refractivity contribution in [3.05, 3.63) is 118 Å². The van der Waals surface area contributed by atoms with Crippen molar-refractivity contribution in [1.82, 2.24) is 0 Å². The normalized spacial score (nSPS) is 13.2. The molecule has 10 heteroatoms. The van der Waals surface area contributed by atoms with E-state index in [1.54, 1.807) is 27.7 Å². The number of carbonyl (C=O) groups is 2. The first-order chi connectivity index (χ1) is 29.3. The van der Waals surface area contributed by atoms with E-state index in [2.05, 4.69) is 75.5 Å². The van der Waals surface area contributed by atoms with Gasteiger partial charge in [-0.1, -0.05) is 88.4 Å². The average Bonchev–Trinajstić information content (AvgIpc) is 3.52. The molecule has 0 bridgehead atoms. The second-order valence-corrected chi connectivity index (χ2v) is 14.9. The van der Waals surface area contributed by atoms with E-state index in [0.717, 1.165) is 57.3 Å². The summed E-state index contributed by atoms with van der Waals surface area (Å²) >= 11 is 0. The van der Waals surface area contributed by atoms with Crippen LogP contribution in [0.2, 0.25) is 0 Å². The zero-order valence-electron chi connectivity index (χ0n) is 37.6. The van der Waals surface area contributed by atoms with E-state index in [1.165, 1.54) is 0 Å². The third-order valence-corrected chi connectivity index (χ3v) is 10.3. The van der Waals surface area contributed by atoms with Gasteiger partial charge in [0.05, 0.1) is 31.8 Å². The summed E-state index contributed by atoms with van der Waals surface area (Å²) in [7, 11) is 0. The smallest absolute Gasteiger partial charge is 0.336 e. The largest absolute Gasteiger partial charge is 0.493 e. The maximum Gasteiger partial charge on any atom is 0.336 e. The highest BCUT2D eigenvalue weighted by molar-refractivity contribution is 5.90. The van der Waals surface area contributed by atoms with Crippen molar-refractivity contribution in [3.63, 3.8) is 0 Å². The molecule has 0 saturated carbocycles. The van der Waals surface area contributed by atoms with Crippen LogP contribution in [0.5, 0.6) is 34.5 Å². The zero-order valence-corrected chi connectivity index (χ0v) is 37.6. The van der Waals surface area contributed by atoms with Crippen molar-refractivity contribution >= 4 is 11.9 Å². The molecular weight excluding hydrogens is 773 g/mol. The van der Waals surface area contributed by atoms with E-state index in [-0.39, 0.29) is 11.1 Å². The zero-order chi connectivity index (χ0) is 44.4. The second-order valence-electron chi connectivity index (χ2n) is 14.9. The quantitative estimate of drug-likeness (QED) is 0.0380. The molecule has 5 rings (SSSR count). The van der Waals surface area contributed by atoms with Crippen LogP contribution in [0.1, 0.15) is 115 Å². The molecule has 4 aromatic rings. The third-order valence-electron chi connectivity index (χ3n) is 10.3. The number of fused-ring (bicyclic) bond motifs is 3. The molecule has 0 fully saturated rings. The molecule has 61 heavy (non-hydrogen) atoms. The van der Waals surface area contributed by atoms with E-state index in [4.69, 9.17) is 37.9 Å². The van der Waals surface area contributed by atoms with Gasteiger partial charge in [0, 0.05) is 47.2 Å². The summed E-state index contributed by atoms with van der Waals surface area (Å²) in [6.45, 7) is 27.3. The Kier molecular flexibility index (Phi) is 15.6. The number of carbonyl (C=O) groups excluding carboxylic acids is 2. The van der Waals surface area contributed by atoms with Gasteiger partial charge >= 0.3 is 11.9 Å². The highest BCUT2D eigenvalue weighted by Crippen LogP contribution is 2.63. The summed E-state index contributed by atoms with van der Waals surface area (Å²) in [5.74, 6) is 1.91. The van der Waals surface area contributed by atoms with Gasteiger partial charge < -0.3 is 37.9 Å². The van der Waals surface area contributed by atoms with Crippen molar-refractivity contribution in [2.45, 2.75) is 113 Å². The van der Waals surface area contributed by atoms with Gasteiger partial charge in [-0.25, -0.2) is 9.59 Å². The Hall–Kier alpha value is -5.90. The van der Waals surface area contributed by atoms with Gasteiger partial charge in [0.2, 0.25) is 12.6 Å². The highest BCUT2D eigenvalue weighted by Gasteiger charge is 2.51. The van der Waals surface area contributed by atoms with Crippen molar-refractivity contribution in [3.8, 4) is 45.6 Å². The molecule has 1 aliphatic rings. The lowest BCUT2D eigenvalue weighted by Gasteiger charge is -2.38. The monoisotopic (exact) mass is 834 g/mol. The van der Waals surface area contributed by atoms with Crippen LogP contribution in [-0.4, -0.2) is 50.9 Å². The summed E-state index contributed by atoms with van der Waals surface area (Å²) in [4.78, 5) is 25.3. The summed E-state index contributed by atoms with van der Waals surface area (Å²) in [6.07, 6.45) is 0.643. The summed E-state index contributed by atoms with van der Waals surface area (Å²) in [5, 5.41) is 0. The van der Waals surface area contributed by atoms with Crippen LogP contribution in [0.25, 0.3) is 11.1 Å². The van der Waals surface area contributed by atoms with Crippen LogP contribution in [0.4, 0.5) is 0 Å². The van der Waals surface area contributed by atoms with Crippen LogP contribution < -0.4 is 28.4 Å². The van der Waals surface area contributed by atoms with E-state index in [0.29, 0.717) is 73.8 Å². The number of rotatable bonds is 22. The summed E-state index contributed by atoms with van der Waals surface area (Å²) < 4.78 is 51.2. The van der Waals surface area contributed by atoms with Crippen LogP contribution in [0.3, 0.4) is 0 Å². The maximum absolute atomic E-state index is 12.7. The molecule has 2 atom stereocenters. The second kappa shape index (κ2) is 20.6. The van der Waals surface area contributed by atoms with Gasteiger partial charge in [-0.05, 0) is 88.8 Å². The number of hydrogen-bond donors (Lipinski definition) is 0. The number of esters is 2. The predicted octanol–water partition coefficient (Wildman–Crippen LogP) is 11.2. The Morgan fingerprint density at radius 3 is 1.23 bits per heavy atom. The highest BCUT2D eigenvalue weighted by atomic mass is 16.7. The minimum Gasteiger partial charge on any atom is -0.493 e. The van der Waals surface area contributed by atoms with Gasteiger partial charge in [0.25, 0.3) is 0 Å². The minimum absolute atomic E-state index is 0.262. The predicted molar refractivity (Wildman–Crippen MR) is 238 cm³/mol. The van der Waals surface area contributed by atoms with Crippen molar-refractivity contribution in [2.75, 3.05) is 26.4 Å². The first-order valence-electron chi connectivity index (χ1n) is 21.5. The maximum atomic E-state index is 12.7. The molecule has 10 nitrogen and oxygen atoms in total. The SMILES string of the molecule is C=C(C)C(=O)OC(C)Oc1c(OCC)cc(C2(c3cc(OCC)c(OC(C)OC(=O)C(=C)C)c(CCC)c3OCC)c3ccccc3-c3ccccc32)c(OCC)c1CCC. The standard InChI is InChI=1S/C51H62O10/c1-13-23-37-45(56-17-5)41(29-43(54-15-3)47(37)58-33(11)60-49(52)31(7)8)51(39-27-21-19-25-35(39)36-26-20-22-28-40(36)51)42-30-44(55-16-4)48(38(24-14-2)46(42)57-18-6)59-34(12)61-50(53)32(9)10/h19-22,25-30,33-34H,7,9,13-18,23-24H2,1-6,8,10-12H3. The third kappa shape index (κ3) is 9.24. The topological polar surface area (TPSA) is 108 Å². The van der Waals surface area contributed by atoms with Crippen LogP contribution in [-0.2, 0) is 37.3 Å². The van der Waals surface area contributed by atoms with Crippen LogP contribution in [0, 0.1) is 0 Å². The molecule has 2 unspecified atom stereocenters. The average molecular weight is 835 g/mol. The Morgan fingerprint density at radius 1 is 0.541 bits per heavy atom. The van der Waals surface area contributed by atoms with E-state index >= 15 is 0 Å². The fourth-order valence-electron chi connectivity index (χ4n) is 8.11. The van der Waals surface area contributed by atoms with Crippen molar-refractivity contribution in [1.29, 1.82) is 0 Å². The van der Waals surface area contributed by atoms with Gasteiger partial charge in [-0.2, -0.15) is 0 Å². The Balaban J connectivity index is 2.01. The first kappa shape index (κ1) is 46.2. The lowest BCUT2D eigenvalue weighted by atomic mass is 9.66. The number of hydrogen-bond acceptors (Lipinski definition) is 10. The van der Waals surface area contributed by atoms with E-state index in [9.17, 15) is 9.59 Å². The lowest BCUT2D eigenvalue weighted by Crippen LogP contribution is -2.32. The van der Waals surface area contributed by atoms with Crippen LogP contribution in [0.15, 0.2) is 85.0 Å². The van der Waals surface area contributed by atoms with Gasteiger partial charge in [-0.15, -0.1) is 0 Å². The van der Waals surface area contributed by atoms with Gasteiger partial charge in [0.15, 0.2) is 23.0 Å². The molecule has 326 valence electrons. The molecule has 0 aliphatic heterocycles. The summed E-state index contributed by atoms with van der Waals surface area (Å²) in [5.41, 5.74) is 6.69. The van der Waals surface area contributed by atoms with E-state index < -0.39 is 29.9 Å². The molecule has 0 aromatic heterocycles. The Morgan fingerprint density at radius 2 is 0.902 bits per heavy atom. The molecule has 4 aromatic carbocycles. The Bertz CT molecular complexity index is 2080. The molecule has 0 N–H and O–H groups in total. The fourth-order valence-corrected chi connectivity index (χ4v) is 8.11. The minimum atomic E-state index is -1.10. The van der Waals surface area contributed by atoms with Gasteiger partial charge in [0.1, 0.15) is 11.5 Å². The first-order valence-corrected chi connectivity index (χ1v) is 21.5. The van der Waals surface area contributed by atoms with Crippen molar-refractivity contribution in [2.24, 2.45) is 0 Å². The lowest BCUT2D eigenvalue weighted by molar-refractivity contribution is -0.157. The molecule has 0 radical (unpaired) electrons. The molecule has 0 heterocycles. The van der Waals surface area contributed by atoms with Crippen molar-refractivity contribution < 1.29 is 47.5 Å². The number of ether oxygens (including phenoxy) is 8. The summed E-state index contributed by atoms with van der Waals surface area (Å²) in [6, 6.07) is 20.8. The molecule has 0 spiro atoms. The fraction of sp³-hybridized carbons (Fsp3) is 0.412. The molecule has 0 amide bonds. The Labute approximate surface area is 361 Å².